The first-order valence-electron chi connectivity index (χ1n) is 12.1. The highest BCUT2D eigenvalue weighted by molar-refractivity contribution is 7.99. The molecule has 2 aliphatic rings. The van der Waals surface area contributed by atoms with Crippen molar-refractivity contribution in [1.29, 1.82) is 0 Å². The normalized spacial score (nSPS) is 16.5. The lowest BCUT2D eigenvalue weighted by molar-refractivity contribution is 0.282. The van der Waals surface area contributed by atoms with Gasteiger partial charge in [-0.2, -0.15) is 0 Å². The van der Waals surface area contributed by atoms with Crippen molar-refractivity contribution in [3.63, 3.8) is 0 Å². The van der Waals surface area contributed by atoms with E-state index in [0.29, 0.717) is 0 Å². The Morgan fingerprint density at radius 1 is 1.00 bits per heavy atom. The van der Waals surface area contributed by atoms with Crippen molar-refractivity contribution >= 4 is 11.8 Å². The summed E-state index contributed by atoms with van der Waals surface area (Å²) in [6.45, 7) is 2.89. The number of hydrogen-bond donors (Lipinski definition) is 0. The zero-order valence-corrected chi connectivity index (χ0v) is 19.8. The molecule has 0 amide bonds. The van der Waals surface area contributed by atoms with Gasteiger partial charge in [-0.15, -0.1) is 0 Å². The van der Waals surface area contributed by atoms with Crippen molar-refractivity contribution in [2.24, 2.45) is 0 Å². The first kappa shape index (κ1) is 21.5. The van der Waals surface area contributed by atoms with E-state index in [4.69, 9.17) is 4.98 Å². The molecule has 1 heterocycles. The van der Waals surface area contributed by atoms with Gasteiger partial charge in [0.2, 0.25) is 0 Å². The molecule has 1 fully saturated rings. The average Bonchev–Trinajstić information content (AvgIpc) is 2.82. The summed E-state index contributed by atoms with van der Waals surface area (Å²) in [5.41, 5.74) is 6.02. The predicted molar refractivity (Wildman–Crippen MR) is 134 cm³/mol. The van der Waals surface area contributed by atoms with Crippen LogP contribution in [-0.4, -0.2) is 15.3 Å². The molecular formula is C28H32N2OS. The molecule has 1 saturated carbocycles. The van der Waals surface area contributed by atoms with Gasteiger partial charge in [-0.3, -0.25) is 9.36 Å². The second-order valence-electron chi connectivity index (χ2n) is 9.33. The first-order valence-corrected chi connectivity index (χ1v) is 13.1. The fourth-order valence-electron chi connectivity index (χ4n) is 5.66. The summed E-state index contributed by atoms with van der Waals surface area (Å²) in [6, 6.07) is 19.2. The average molecular weight is 445 g/mol. The second kappa shape index (κ2) is 9.27. The van der Waals surface area contributed by atoms with Gasteiger partial charge in [0.05, 0.1) is 11.3 Å². The molecule has 1 aromatic heterocycles. The van der Waals surface area contributed by atoms with Crippen LogP contribution in [0.4, 0.5) is 0 Å². The largest absolute Gasteiger partial charge is 0.287 e. The number of hydrogen-bond acceptors (Lipinski definition) is 3. The number of fused-ring (bicyclic) bond motifs is 4. The fourth-order valence-corrected chi connectivity index (χ4v) is 6.66. The van der Waals surface area contributed by atoms with Crippen LogP contribution in [0.15, 0.2) is 64.5 Å². The van der Waals surface area contributed by atoms with E-state index in [0.717, 1.165) is 60.8 Å². The molecule has 0 aliphatic heterocycles. The van der Waals surface area contributed by atoms with Gasteiger partial charge in [0, 0.05) is 23.3 Å². The van der Waals surface area contributed by atoms with E-state index in [-0.39, 0.29) is 11.0 Å². The number of nitrogens with zero attached hydrogens (tertiary/aromatic N) is 2. The summed E-state index contributed by atoms with van der Waals surface area (Å²) >= 11 is 1.73. The lowest BCUT2D eigenvalue weighted by Crippen LogP contribution is -2.43. The van der Waals surface area contributed by atoms with Crippen LogP contribution < -0.4 is 5.56 Å². The van der Waals surface area contributed by atoms with E-state index in [1.807, 2.05) is 4.57 Å². The van der Waals surface area contributed by atoms with E-state index in [1.54, 1.807) is 11.8 Å². The minimum Gasteiger partial charge on any atom is -0.287 e. The third-order valence-electron chi connectivity index (χ3n) is 7.19. The van der Waals surface area contributed by atoms with Crippen molar-refractivity contribution < 1.29 is 0 Å². The van der Waals surface area contributed by atoms with Crippen LogP contribution in [-0.2, 0) is 24.8 Å². The van der Waals surface area contributed by atoms with Crippen LogP contribution in [0, 0.1) is 0 Å². The summed E-state index contributed by atoms with van der Waals surface area (Å²) in [5, 5.41) is 0.884. The Kier molecular flexibility index (Phi) is 6.23. The quantitative estimate of drug-likeness (QED) is 0.325. The smallest absolute Gasteiger partial charge is 0.258 e. The van der Waals surface area contributed by atoms with Gasteiger partial charge in [0.25, 0.3) is 5.56 Å². The Bertz CT molecular complexity index is 1150. The minimum absolute atomic E-state index is 0.0330. The highest BCUT2D eigenvalue weighted by Gasteiger charge is 2.43. The Hall–Kier alpha value is -2.33. The second-order valence-corrected chi connectivity index (χ2v) is 10.4. The van der Waals surface area contributed by atoms with Gasteiger partial charge >= 0.3 is 0 Å². The maximum Gasteiger partial charge on any atom is 0.258 e. The lowest BCUT2D eigenvalue weighted by Gasteiger charge is -2.42. The van der Waals surface area contributed by atoms with Crippen LogP contribution in [0.1, 0.15) is 62.1 Å². The molecule has 0 unspecified atom stereocenters. The molecule has 3 nitrogen and oxygen atoms in total. The van der Waals surface area contributed by atoms with Gasteiger partial charge < -0.3 is 0 Å². The number of aromatic nitrogens is 2. The summed E-state index contributed by atoms with van der Waals surface area (Å²) < 4.78 is 1.98. The number of aryl methyl sites for hydroxylation is 1. The molecule has 0 N–H and O–H groups in total. The van der Waals surface area contributed by atoms with Crippen molar-refractivity contribution in [3.05, 3.63) is 81.6 Å². The summed E-state index contributed by atoms with van der Waals surface area (Å²) in [4.78, 5) is 19.3. The molecule has 0 bridgehead atoms. The third-order valence-corrected chi connectivity index (χ3v) is 8.17. The van der Waals surface area contributed by atoms with Gasteiger partial charge in [-0.05, 0) is 43.2 Å². The molecule has 166 valence electrons. The maximum atomic E-state index is 14.1. The predicted octanol–water partition coefficient (Wildman–Crippen LogP) is 6.41. The van der Waals surface area contributed by atoms with E-state index in [1.165, 1.54) is 36.0 Å². The first-order chi connectivity index (χ1) is 15.7. The highest BCUT2D eigenvalue weighted by Crippen LogP contribution is 2.48. The molecule has 0 radical (unpaired) electrons. The molecule has 0 saturated heterocycles. The Morgan fingerprint density at radius 2 is 1.75 bits per heavy atom. The number of benzene rings is 2. The van der Waals surface area contributed by atoms with Crippen LogP contribution >= 0.6 is 11.8 Å². The van der Waals surface area contributed by atoms with Crippen molar-refractivity contribution in [2.45, 2.75) is 75.4 Å². The van der Waals surface area contributed by atoms with E-state index < -0.39 is 0 Å². The molecule has 2 aliphatic carbocycles. The van der Waals surface area contributed by atoms with E-state index >= 15 is 0 Å². The third kappa shape index (κ3) is 3.94. The molecule has 32 heavy (non-hydrogen) atoms. The molecule has 0 atom stereocenters. The molecule has 3 aromatic rings. The maximum absolute atomic E-state index is 14.1. The highest BCUT2D eigenvalue weighted by atomic mass is 32.2. The Morgan fingerprint density at radius 3 is 2.53 bits per heavy atom. The van der Waals surface area contributed by atoms with Crippen molar-refractivity contribution in [1.82, 2.24) is 9.55 Å². The molecule has 2 aromatic carbocycles. The van der Waals surface area contributed by atoms with E-state index in [9.17, 15) is 4.79 Å². The fraction of sp³-hybridized carbons (Fsp3) is 0.429. The SMILES string of the molecule is CCCn1c(SCCc2ccccc2)nc2c(c1=O)C1(CCCCC1)Cc1ccccc1-2. The Labute approximate surface area is 195 Å². The van der Waals surface area contributed by atoms with Crippen LogP contribution in [0.3, 0.4) is 0 Å². The summed E-state index contributed by atoms with van der Waals surface area (Å²) in [5.74, 6) is 0.922. The van der Waals surface area contributed by atoms with E-state index in [2.05, 4.69) is 61.5 Å². The van der Waals surface area contributed by atoms with Crippen LogP contribution in [0.5, 0.6) is 0 Å². The standard InChI is InChI=1S/C28H32N2OS/c1-2-18-30-26(31)24-25(29-27(30)32-19-15-21-11-5-3-6-12-21)23-14-8-7-13-22(23)20-28(24)16-9-4-10-17-28/h3,5-8,11-14H,2,4,9-10,15-20H2,1H3. The molecule has 1 spiro atoms. The van der Waals surface area contributed by atoms with Crippen LogP contribution in [0.2, 0.25) is 0 Å². The lowest BCUT2D eigenvalue weighted by atomic mass is 9.62. The van der Waals surface area contributed by atoms with Crippen molar-refractivity contribution in [3.8, 4) is 11.3 Å². The number of rotatable bonds is 6. The van der Waals surface area contributed by atoms with Crippen molar-refractivity contribution in [2.75, 3.05) is 5.75 Å². The number of thioether (sulfide) groups is 1. The van der Waals surface area contributed by atoms with Gasteiger partial charge in [0.1, 0.15) is 0 Å². The molecule has 5 rings (SSSR count). The summed E-state index contributed by atoms with van der Waals surface area (Å²) in [7, 11) is 0. The van der Waals surface area contributed by atoms with Gasteiger partial charge in [-0.25, -0.2) is 4.98 Å². The van der Waals surface area contributed by atoms with Crippen LogP contribution in [0.25, 0.3) is 11.3 Å². The topological polar surface area (TPSA) is 34.9 Å². The minimum atomic E-state index is -0.0330. The molecule has 4 heteroatoms. The Balaban J connectivity index is 1.59. The monoisotopic (exact) mass is 444 g/mol. The van der Waals surface area contributed by atoms with Gasteiger partial charge in [0.15, 0.2) is 5.16 Å². The zero-order valence-electron chi connectivity index (χ0n) is 19.0. The molecular weight excluding hydrogens is 412 g/mol. The zero-order chi connectivity index (χ0) is 22.0. The van der Waals surface area contributed by atoms with Gasteiger partial charge in [-0.1, -0.05) is 92.5 Å². The summed E-state index contributed by atoms with van der Waals surface area (Å²) in [6.07, 6.45) is 8.82.